The molecule has 102 valence electrons. The van der Waals surface area contributed by atoms with E-state index in [2.05, 4.69) is 28.7 Å². The van der Waals surface area contributed by atoms with Crippen LogP contribution in [-0.4, -0.2) is 27.9 Å². The van der Waals surface area contributed by atoms with Crippen molar-refractivity contribution in [2.75, 3.05) is 6.54 Å². The van der Waals surface area contributed by atoms with E-state index in [4.69, 9.17) is 0 Å². The number of hydrogen-bond donors (Lipinski definition) is 1. The molecule has 0 radical (unpaired) electrons. The van der Waals surface area contributed by atoms with Crippen molar-refractivity contribution >= 4 is 6.41 Å². The van der Waals surface area contributed by atoms with E-state index < -0.39 is 0 Å². The highest BCUT2D eigenvalue weighted by Gasteiger charge is 1.99. The minimum Gasteiger partial charge on any atom is -0.359 e. The van der Waals surface area contributed by atoms with Gasteiger partial charge in [0.2, 0.25) is 6.41 Å². The number of hydrogen-bond acceptors (Lipinski definition) is 3. The normalized spacial score (nSPS) is 10.5. The molecule has 0 spiro atoms. The lowest BCUT2D eigenvalue weighted by atomic mass is 10.2. The lowest BCUT2D eigenvalue weighted by Crippen LogP contribution is -2.11. The molecule has 0 aromatic carbocycles. The summed E-state index contributed by atoms with van der Waals surface area (Å²) in [6, 6.07) is 0. The highest BCUT2D eigenvalue weighted by Crippen LogP contribution is 2.04. The maximum atomic E-state index is 10.0. The highest BCUT2D eigenvalue weighted by atomic mass is 16.1. The molecule has 1 aromatic heterocycles. The van der Waals surface area contributed by atoms with Gasteiger partial charge in [0.25, 0.3) is 0 Å². The number of nitrogens with one attached hydrogen (secondary N) is 1. The number of carbonyl (C=O) groups excluding carboxylic acids is 1. The van der Waals surface area contributed by atoms with E-state index in [-0.39, 0.29) is 0 Å². The first-order valence-corrected chi connectivity index (χ1v) is 6.93. The van der Waals surface area contributed by atoms with E-state index in [0.717, 1.165) is 50.9 Å². The molecule has 0 saturated carbocycles. The maximum Gasteiger partial charge on any atom is 0.207 e. The van der Waals surface area contributed by atoms with Crippen LogP contribution in [-0.2, 0) is 17.8 Å². The monoisotopic (exact) mass is 252 g/mol. The molecule has 0 saturated heterocycles. The fourth-order valence-corrected chi connectivity index (χ4v) is 1.83. The van der Waals surface area contributed by atoms with Gasteiger partial charge in [0.15, 0.2) is 0 Å². The molecule has 0 unspecified atom stereocenters. The zero-order valence-corrected chi connectivity index (χ0v) is 11.3. The van der Waals surface area contributed by atoms with Crippen LogP contribution in [0, 0.1) is 0 Å². The summed E-state index contributed by atoms with van der Waals surface area (Å²) in [4.78, 5) is 10.0. The minimum atomic E-state index is 0.757. The number of carbonyl (C=O) groups is 1. The van der Waals surface area contributed by atoms with E-state index >= 15 is 0 Å². The van der Waals surface area contributed by atoms with Crippen LogP contribution < -0.4 is 5.32 Å². The number of aromatic nitrogens is 3. The van der Waals surface area contributed by atoms with Crippen molar-refractivity contribution in [1.82, 2.24) is 20.3 Å². The van der Waals surface area contributed by atoms with E-state index in [1.807, 2.05) is 4.68 Å². The summed E-state index contributed by atoms with van der Waals surface area (Å²) in [7, 11) is 0. The molecule has 0 aliphatic rings. The zero-order chi connectivity index (χ0) is 13.1. The van der Waals surface area contributed by atoms with Crippen LogP contribution in [0.3, 0.4) is 0 Å². The summed E-state index contributed by atoms with van der Waals surface area (Å²) in [5.41, 5.74) is 1.10. The average Bonchev–Trinajstić information content (AvgIpc) is 2.83. The molecule has 1 heterocycles. The molecule has 1 aromatic rings. The van der Waals surface area contributed by atoms with Gasteiger partial charge in [-0.05, 0) is 25.7 Å². The van der Waals surface area contributed by atoms with Crippen LogP contribution in [0.25, 0.3) is 0 Å². The van der Waals surface area contributed by atoms with Crippen LogP contribution in [0.2, 0.25) is 0 Å². The van der Waals surface area contributed by atoms with Crippen molar-refractivity contribution in [3.63, 3.8) is 0 Å². The molecule has 1 N–H and O–H groups in total. The van der Waals surface area contributed by atoms with Crippen molar-refractivity contribution in [2.24, 2.45) is 0 Å². The number of aryl methyl sites for hydroxylation is 2. The molecule has 0 aliphatic heterocycles. The predicted molar refractivity (Wildman–Crippen MR) is 71.2 cm³/mol. The van der Waals surface area contributed by atoms with Crippen molar-refractivity contribution in [2.45, 2.75) is 58.4 Å². The van der Waals surface area contributed by atoms with Crippen molar-refractivity contribution in [3.05, 3.63) is 11.9 Å². The second kappa shape index (κ2) is 9.62. The van der Waals surface area contributed by atoms with E-state index in [1.54, 1.807) is 0 Å². The SMILES string of the molecule is CCCCc1cn(CCCCCCNC=O)nn1. The standard InChI is InChI=1S/C13H24N4O/c1-2-3-8-13-11-17(16-15-13)10-7-5-4-6-9-14-12-18/h11-12H,2-10H2,1H3,(H,14,18). The number of unbranched alkanes of at least 4 members (excludes halogenated alkanes) is 4. The van der Waals surface area contributed by atoms with Crippen LogP contribution in [0.4, 0.5) is 0 Å². The smallest absolute Gasteiger partial charge is 0.207 e. The van der Waals surface area contributed by atoms with Gasteiger partial charge in [-0.15, -0.1) is 5.10 Å². The van der Waals surface area contributed by atoms with Crippen molar-refractivity contribution < 1.29 is 4.79 Å². The van der Waals surface area contributed by atoms with Gasteiger partial charge in [-0.2, -0.15) is 0 Å². The van der Waals surface area contributed by atoms with Gasteiger partial charge in [-0.25, -0.2) is 0 Å². The number of nitrogens with zero attached hydrogens (tertiary/aromatic N) is 3. The van der Waals surface area contributed by atoms with Crippen molar-refractivity contribution in [3.8, 4) is 0 Å². The van der Waals surface area contributed by atoms with Gasteiger partial charge in [-0.3, -0.25) is 9.48 Å². The molecular weight excluding hydrogens is 228 g/mol. The Morgan fingerprint density at radius 3 is 2.89 bits per heavy atom. The topological polar surface area (TPSA) is 59.8 Å². The molecule has 0 aliphatic carbocycles. The van der Waals surface area contributed by atoms with E-state index in [0.29, 0.717) is 0 Å². The molecular formula is C13H24N4O. The Kier molecular flexibility index (Phi) is 7.84. The van der Waals surface area contributed by atoms with Crippen LogP contribution >= 0.6 is 0 Å². The van der Waals surface area contributed by atoms with Gasteiger partial charge in [0.1, 0.15) is 0 Å². The zero-order valence-electron chi connectivity index (χ0n) is 11.3. The third kappa shape index (κ3) is 6.37. The quantitative estimate of drug-likeness (QED) is 0.483. The van der Waals surface area contributed by atoms with Gasteiger partial charge >= 0.3 is 0 Å². The Morgan fingerprint density at radius 2 is 2.11 bits per heavy atom. The van der Waals surface area contributed by atoms with Crippen LogP contribution in [0.5, 0.6) is 0 Å². The second-order valence-corrected chi connectivity index (χ2v) is 4.56. The number of rotatable bonds is 11. The van der Waals surface area contributed by atoms with Gasteiger partial charge < -0.3 is 5.32 Å². The molecule has 1 amide bonds. The predicted octanol–water partition coefficient (Wildman–Crippen LogP) is 1.93. The Morgan fingerprint density at radius 1 is 1.28 bits per heavy atom. The average molecular weight is 252 g/mol. The lowest BCUT2D eigenvalue weighted by molar-refractivity contribution is -0.109. The summed E-state index contributed by atoms with van der Waals surface area (Å²) in [6.07, 6.45) is 10.7. The molecule has 18 heavy (non-hydrogen) atoms. The third-order valence-electron chi connectivity index (χ3n) is 2.91. The fraction of sp³-hybridized carbons (Fsp3) is 0.769. The first kappa shape index (κ1) is 14.7. The van der Waals surface area contributed by atoms with E-state index in [1.165, 1.54) is 19.3 Å². The highest BCUT2D eigenvalue weighted by molar-refractivity contribution is 5.45. The van der Waals surface area contributed by atoms with Crippen molar-refractivity contribution in [1.29, 1.82) is 0 Å². The Bertz CT molecular complexity index is 325. The molecule has 0 atom stereocenters. The molecule has 0 fully saturated rings. The number of amides is 1. The van der Waals surface area contributed by atoms with Gasteiger partial charge in [0.05, 0.1) is 5.69 Å². The summed E-state index contributed by atoms with van der Waals surface area (Å²) in [6.45, 7) is 3.91. The fourth-order valence-electron chi connectivity index (χ4n) is 1.83. The van der Waals surface area contributed by atoms with E-state index in [9.17, 15) is 4.79 Å². The molecule has 5 nitrogen and oxygen atoms in total. The molecule has 1 rings (SSSR count). The third-order valence-corrected chi connectivity index (χ3v) is 2.91. The summed E-state index contributed by atoms with van der Waals surface area (Å²) >= 11 is 0. The van der Waals surface area contributed by atoms with Crippen LogP contribution in [0.1, 0.15) is 51.1 Å². The molecule has 5 heteroatoms. The van der Waals surface area contributed by atoms with Crippen LogP contribution in [0.15, 0.2) is 6.20 Å². The first-order valence-electron chi connectivity index (χ1n) is 6.93. The minimum absolute atomic E-state index is 0.757. The summed E-state index contributed by atoms with van der Waals surface area (Å²) < 4.78 is 1.94. The lowest BCUT2D eigenvalue weighted by Gasteiger charge is -2.01. The van der Waals surface area contributed by atoms with Gasteiger partial charge in [0, 0.05) is 19.3 Å². The summed E-state index contributed by atoms with van der Waals surface area (Å²) in [5, 5.41) is 11.0. The maximum absolute atomic E-state index is 10.0. The second-order valence-electron chi connectivity index (χ2n) is 4.56. The molecule has 0 bridgehead atoms. The first-order chi connectivity index (χ1) is 8.86. The Labute approximate surface area is 109 Å². The Hall–Kier alpha value is -1.39. The largest absolute Gasteiger partial charge is 0.359 e. The summed E-state index contributed by atoms with van der Waals surface area (Å²) in [5.74, 6) is 0. The van der Waals surface area contributed by atoms with Gasteiger partial charge in [-0.1, -0.05) is 31.4 Å². The Balaban J connectivity index is 2.04.